The molecule has 4 aromatic rings. The molecule has 0 spiro atoms. The van der Waals surface area contributed by atoms with E-state index in [-0.39, 0.29) is 4.90 Å². The molecule has 1 amide bonds. The van der Waals surface area contributed by atoms with Gasteiger partial charge in [0.2, 0.25) is 0 Å². The Hall–Kier alpha value is -3.40. The van der Waals surface area contributed by atoms with E-state index < -0.39 is 22.5 Å². The standard InChI is InChI=1S/C27H24BrClN4O3S/c1-19-16-21(20(2)33(19)25-12-8-22(28)9-13-25)17-30-31-27(34)18-32(24-6-4-3-5-7-24)37(35,36)26-14-10-23(29)11-15-26/h3-17H,18H2,1-2H3,(H,31,34)/b30-17-. The fourth-order valence-electron chi connectivity index (χ4n) is 3.89. The van der Waals surface area contributed by atoms with E-state index in [0.717, 1.165) is 31.4 Å². The van der Waals surface area contributed by atoms with Gasteiger partial charge < -0.3 is 4.57 Å². The predicted octanol–water partition coefficient (Wildman–Crippen LogP) is 5.86. The van der Waals surface area contributed by atoms with E-state index in [9.17, 15) is 13.2 Å². The minimum Gasteiger partial charge on any atom is -0.318 e. The van der Waals surface area contributed by atoms with Crippen molar-refractivity contribution in [3.8, 4) is 5.69 Å². The third kappa shape index (κ3) is 6.12. The Kier molecular flexibility index (Phi) is 8.16. The highest BCUT2D eigenvalue weighted by atomic mass is 79.9. The monoisotopic (exact) mass is 598 g/mol. The first-order chi connectivity index (χ1) is 17.7. The number of halogens is 2. The number of nitrogens with one attached hydrogen (secondary N) is 1. The van der Waals surface area contributed by atoms with Crippen LogP contribution in [0.4, 0.5) is 5.69 Å². The Bertz CT molecular complexity index is 1540. The number of rotatable bonds is 8. The first-order valence-electron chi connectivity index (χ1n) is 11.3. The second kappa shape index (κ2) is 11.3. The summed E-state index contributed by atoms with van der Waals surface area (Å²) in [6.07, 6.45) is 1.55. The predicted molar refractivity (Wildman–Crippen MR) is 151 cm³/mol. The van der Waals surface area contributed by atoms with Crippen LogP contribution in [-0.4, -0.2) is 31.7 Å². The number of benzene rings is 3. The van der Waals surface area contributed by atoms with Gasteiger partial charge in [0, 0.05) is 32.1 Å². The summed E-state index contributed by atoms with van der Waals surface area (Å²) in [5.74, 6) is -0.584. The highest BCUT2D eigenvalue weighted by molar-refractivity contribution is 9.10. The van der Waals surface area contributed by atoms with Crippen LogP contribution in [-0.2, 0) is 14.8 Å². The van der Waals surface area contributed by atoms with E-state index in [4.69, 9.17) is 11.6 Å². The maximum absolute atomic E-state index is 13.4. The topological polar surface area (TPSA) is 83.8 Å². The van der Waals surface area contributed by atoms with E-state index in [1.54, 1.807) is 36.5 Å². The number of hydrogen-bond acceptors (Lipinski definition) is 4. The van der Waals surface area contributed by atoms with Crippen molar-refractivity contribution in [2.24, 2.45) is 5.10 Å². The van der Waals surface area contributed by atoms with Gasteiger partial charge in [0.15, 0.2) is 0 Å². The third-order valence-electron chi connectivity index (χ3n) is 5.68. The quantitative estimate of drug-likeness (QED) is 0.204. The maximum atomic E-state index is 13.4. The van der Waals surface area contributed by atoms with Gasteiger partial charge in [-0.05, 0) is 80.6 Å². The molecule has 10 heteroatoms. The molecule has 190 valence electrons. The van der Waals surface area contributed by atoms with Gasteiger partial charge in [0.25, 0.3) is 15.9 Å². The van der Waals surface area contributed by atoms with Gasteiger partial charge >= 0.3 is 0 Å². The lowest BCUT2D eigenvalue weighted by molar-refractivity contribution is -0.119. The summed E-state index contributed by atoms with van der Waals surface area (Å²) in [6.45, 7) is 3.50. The molecule has 1 heterocycles. The largest absolute Gasteiger partial charge is 0.318 e. The van der Waals surface area contributed by atoms with Crippen molar-refractivity contribution in [2.45, 2.75) is 18.7 Å². The molecule has 0 aliphatic heterocycles. The molecule has 1 N–H and O–H groups in total. The molecule has 4 rings (SSSR count). The van der Waals surface area contributed by atoms with Crippen LogP contribution in [0.3, 0.4) is 0 Å². The molecule has 37 heavy (non-hydrogen) atoms. The Morgan fingerprint density at radius 1 is 1.03 bits per heavy atom. The molecule has 1 aromatic heterocycles. The molecule has 0 radical (unpaired) electrons. The molecule has 0 atom stereocenters. The fourth-order valence-corrected chi connectivity index (χ4v) is 5.70. The van der Waals surface area contributed by atoms with E-state index >= 15 is 0 Å². The van der Waals surface area contributed by atoms with Gasteiger partial charge in [0.05, 0.1) is 16.8 Å². The van der Waals surface area contributed by atoms with Crippen LogP contribution >= 0.6 is 27.5 Å². The zero-order chi connectivity index (χ0) is 26.6. The SMILES string of the molecule is Cc1cc(/C=N\NC(=O)CN(c2ccccc2)S(=O)(=O)c2ccc(Cl)cc2)c(C)n1-c1ccc(Br)cc1. The minimum atomic E-state index is -4.03. The van der Waals surface area contributed by atoms with Gasteiger partial charge in [-0.2, -0.15) is 5.10 Å². The molecule has 0 aliphatic rings. The summed E-state index contributed by atoms with van der Waals surface area (Å²) in [5, 5.41) is 4.51. The van der Waals surface area contributed by atoms with Crippen LogP contribution in [0.1, 0.15) is 17.0 Å². The number of para-hydroxylation sites is 1. The molecule has 0 saturated carbocycles. The number of sulfonamides is 1. The first kappa shape index (κ1) is 26.7. The molecule has 3 aromatic carbocycles. The van der Waals surface area contributed by atoms with Crippen LogP contribution in [0.2, 0.25) is 5.02 Å². The van der Waals surface area contributed by atoms with Crippen LogP contribution in [0.5, 0.6) is 0 Å². The van der Waals surface area contributed by atoms with Crippen molar-refractivity contribution >= 4 is 55.4 Å². The van der Waals surface area contributed by atoms with Crippen molar-refractivity contribution in [3.05, 3.63) is 111 Å². The number of carbonyl (C=O) groups excluding carboxylic acids is 1. The first-order valence-corrected chi connectivity index (χ1v) is 13.9. The number of carbonyl (C=O) groups is 1. The van der Waals surface area contributed by atoms with E-state index in [0.29, 0.717) is 10.7 Å². The van der Waals surface area contributed by atoms with Crippen LogP contribution in [0.15, 0.2) is 99.4 Å². The van der Waals surface area contributed by atoms with Crippen molar-refractivity contribution in [3.63, 3.8) is 0 Å². The Balaban J connectivity index is 1.53. The second-order valence-electron chi connectivity index (χ2n) is 8.23. The average Bonchev–Trinajstić information content (AvgIpc) is 3.16. The van der Waals surface area contributed by atoms with Gasteiger partial charge in [-0.1, -0.05) is 45.7 Å². The van der Waals surface area contributed by atoms with Gasteiger partial charge in [-0.15, -0.1) is 0 Å². The van der Waals surface area contributed by atoms with E-state index in [1.807, 2.05) is 44.2 Å². The van der Waals surface area contributed by atoms with Gasteiger partial charge in [-0.3, -0.25) is 9.10 Å². The number of amides is 1. The molecular weight excluding hydrogens is 576 g/mol. The average molecular weight is 600 g/mol. The number of anilines is 1. The zero-order valence-electron chi connectivity index (χ0n) is 20.1. The molecule has 0 unspecified atom stereocenters. The molecule has 7 nitrogen and oxygen atoms in total. The van der Waals surface area contributed by atoms with Crippen LogP contribution < -0.4 is 9.73 Å². The lowest BCUT2D eigenvalue weighted by Gasteiger charge is -2.23. The Morgan fingerprint density at radius 2 is 1.68 bits per heavy atom. The summed E-state index contributed by atoms with van der Waals surface area (Å²) in [4.78, 5) is 12.8. The lowest BCUT2D eigenvalue weighted by Crippen LogP contribution is -2.39. The van der Waals surface area contributed by atoms with E-state index in [2.05, 4.69) is 31.0 Å². The van der Waals surface area contributed by atoms with Crippen molar-refractivity contribution in [1.29, 1.82) is 0 Å². The lowest BCUT2D eigenvalue weighted by atomic mass is 10.2. The fraction of sp³-hybridized carbons (Fsp3) is 0.111. The van der Waals surface area contributed by atoms with Gasteiger partial charge in [0.1, 0.15) is 6.54 Å². The molecular formula is C27H24BrClN4O3S. The molecule has 0 saturated heterocycles. The Labute approximate surface area is 229 Å². The summed E-state index contributed by atoms with van der Waals surface area (Å²) >= 11 is 9.37. The minimum absolute atomic E-state index is 0.0254. The van der Waals surface area contributed by atoms with E-state index in [1.165, 1.54) is 24.3 Å². The molecule has 0 bridgehead atoms. The number of hydrazone groups is 1. The summed E-state index contributed by atoms with van der Waals surface area (Å²) < 4.78 is 30.9. The van der Waals surface area contributed by atoms with Crippen molar-refractivity contribution in [1.82, 2.24) is 9.99 Å². The van der Waals surface area contributed by atoms with Gasteiger partial charge in [-0.25, -0.2) is 13.8 Å². The highest BCUT2D eigenvalue weighted by Crippen LogP contribution is 2.25. The summed E-state index contributed by atoms with van der Waals surface area (Å²) in [5.41, 5.74) is 6.61. The summed E-state index contributed by atoms with van der Waals surface area (Å²) in [6, 6.07) is 24.2. The zero-order valence-corrected chi connectivity index (χ0v) is 23.3. The second-order valence-corrected chi connectivity index (χ2v) is 11.4. The molecule has 0 fully saturated rings. The van der Waals surface area contributed by atoms with Crippen LogP contribution in [0.25, 0.3) is 5.69 Å². The van der Waals surface area contributed by atoms with Crippen LogP contribution in [0, 0.1) is 13.8 Å². The number of nitrogens with zero attached hydrogens (tertiary/aromatic N) is 3. The summed E-state index contributed by atoms with van der Waals surface area (Å²) in [7, 11) is -4.03. The number of hydrogen-bond donors (Lipinski definition) is 1. The Morgan fingerprint density at radius 3 is 2.32 bits per heavy atom. The van der Waals surface area contributed by atoms with Crippen molar-refractivity contribution in [2.75, 3.05) is 10.8 Å². The molecule has 0 aliphatic carbocycles. The highest BCUT2D eigenvalue weighted by Gasteiger charge is 2.27. The number of aromatic nitrogens is 1. The number of aryl methyl sites for hydroxylation is 1. The third-order valence-corrected chi connectivity index (χ3v) is 8.25. The smallest absolute Gasteiger partial charge is 0.264 e. The maximum Gasteiger partial charge on any atom is 0.264 e. The van der Waals surface area contributed by atoms with Crippen molar-refractivity contribution < 1.29 is 13.2 Å². The normalized spacial score (nSPS) is 11.6.